The van der Waals surface area contributed by atoms with Crippen LogP contribution in [0, 0.1) is 0 Å². The number of amides is 2. The first-order chi connectivity index (χ1) is 9.09. The van der Waals surface area contributed by atoms with Crippen LogP contribution in [0.15, 0.2) is 24.3 Å². The summed E-state index contributed by atoms with van der Waals surface area (Å²) >= 11 is 0. The Morgan fingerprint density at radius 3 is 2.63 bits per heavy atom. The molecule has 1 atom stereocenters. The molecule has 1 unspecified atom stereocenters. The third-order valence-electron chi connectivity index (χ3n) is 4.02. The molecule has 19 heavy (non-hydrogen) atoms. The molecule has 0 radical (unpaired) electrons. The summed E-state index contributed by atoms with van der Waals surface area (Å²) in [6, 6.07) is 6.85. The number of primary amides is 1. The van der Waals surface area contributed by atoms with Crippen molar-refractivity contribution < 1.29 is 14.3 Å². The molecule has 3 rings (SSSR count). The second kappa shape index (κ2) is 4.06. The summed E-state index contributed by atoms with van der Waals surface area (Å²) < 4.78 is 5.31. The number of ether oxygens (including phenoxy) is 1. The second-order valence-electron chi connectivity index (χ2n) is 5.14. The zero-order chi connectivity index (χ0) is 13.6. The molecule has 1 aromatic carbocycles. The van der Waals surface area contributed by atoms with Crippen molar-refractivity contribution in [2.24, 2.45) is 5.73 Å². The fraction of sp³-hybridized carbons (Fsp3) is 0.429. The van der Waals surface area contributed by atoms with E-state index in [-0.39, 0.29) is 5.91 Å². The van der Waals surface area contributed by atoms with Gasteiger partial charge in [-0.3, -0.25) is 9.59 Å². The van der Waals surface area contributed by atoms with E-state index in [1.165, 1.54) is 7.11 Å². The van der Waals surface area contributed by atoms with Gasteiger partial charge in [-0.1, -0.05) is 24.3 Å². The Balaban J connectivity index is 1.96. The lowest BCUT2D eigenvalue weighted by molar-refractivity contribution is -0.150. The van der Waals surface area contributed by atoms with Gasteiger partial charge in [0.2, 0.25) is 5.91 Å². The Morgan fingerprint density at radius 1 is 1.37 bits per heavy atom. The maximum absolute atomic E-state index is 12.5. The molecule has 1 aromatic rings. The van der Waals surface area contributed by atoms with Gasteiger partial charge >= 0.3 is 0 Å². The first-order valence-electron chi connectivity index (χ1n) is 6.32. The minimum absolute atomic E-state index is 0.130. The third-order valence-corrected chi connectivity index (χ3v) is 4.02. The summed E-state index contributed by atoms with van der Waals surface area (Å²) in [6.45, 7) is 0.424. The summed E-state index contributed by atoms with van der Waals surface area (Å²) in [7, 11) is 1.54. The van der Waals surface area contributed by atoms with Crippen LogP contribution < -0.4 is 5.73 Å². The average molecular weight is 260 g/mol. The summed E-state index contributed by atoms with van der Waals surface area (Å²) in [6.07, 6.45) is 1.42. The van der Waals surface area contributed by atoms with Crippen molar-refractivity contribution in [2.45, 2.75) is 31.0 Å². The zero-order valence-electron chi connectivity index (χ0n) is 10.8. The number of nitrogens with two attached hydrogens (primary N) is 1. The van der Waals surface area contributed by atoms with Crippen LogP contribution in [-0.4, -0.2) is 29.4 Å². The minimum atomic E-state index is -0.726. The van der Waals surface area contributed by atoms with Crippen LogP contribution in [0.2, 0.25) is 0 Å². The van der Waals surface area contributed by atoms with Gasteiger partial charge in [0, 0.05) is 13.7 Å². The molecule has 1 aliphatic heterocycles. The maximum Gasteiger partial charge on any atom is 0.256 e. The molecule has 0 aromatic heterocycles. The number of methoxy groups -OCH3 is 1. The van der Waals surface area contributed by atoms with Crippen LogP contribution in [-0.2, 0) is 20.9 Å². The molecule has 2 N–H and O–H groups in total. The van der Waals surface area contributed by atoms with E-state index in [9.17, 15) is 9.59 Å². The molecule has 5 heteroatoms. The lowest BCUT2D eigenvalue weighted by atomic mass is 10.0. The SMILES string of the molecule is COC1(C(=O)N2Cc3ccccc3C2C(N)=O)CC1. The topological polar surface area (TPSA) is 72.6 Å². The quantitative estimate of drug-likeness (QED) is 0.871. The number of rotatable bonds is 3. The highest BCUT2D eigenvalue weighted by Crippen LogP contribution is 2.44. The summed E-state index contributed by atoms with van der Waals surface area (Å²) in [5.74, 6) is -0.625. The van der Waals surface area contributed by atoms with Crippen molar-refractivity contribution in [3.05, 3.63) is 35.4 Å². The van der Waals surface area contributed by atoms with Crippen molar-refractivity contribution in [1.29, 1.82) is 0 Å². The molecule has 0 spiro atoms. The molecular formula is C14H16N2O3. The predicted octanol–water partition coefficient (Wildman–Crippen LogP) is 0.734. The molecule has 100 valence electrons. The van der Waals surface area contributed by atoms with Gasteiger partial charge in [0.1, 0.15) is 11.6 Å². The smallest absolute Gasteiger partial charge is 0.256 e. The first kappa shape index (κ1) is 12.2. The Labute approximate surface area is 111 Å². The molecule has 1 heterocycles. The van der Waals surface area contributed by atoms with Crippen LogP contribution in [0.1, 0.15) is 30.0 Å². The minimum Gasteiger partial charge on any atom is -0.368 e. The Morgan fingerprint density at radius 2 is 2.05 bits per heavy atom. The van der Waals surface area contributed by atoms with E-state index in [4.69, 9.17) is 10.5 Å². The molecule has 1 fully saturated rings. The number of benzene rings is 1. The molecule has 2 aliphatic rings. The highest BCUT2D eigenvalue weighted by atomic mass is 16.5. The van der Waals surface area contributed by atoms with E-state index >= 15 is 0 Å². The number of carbonyl (C=O) groups excluding carboxylic acids is 2. The third kappa shape index (κ3) is 1.73. The molecule has 5 nitrogen and oxygen atoms in total. The summed E-state index contributed by atoms with van der Waals surface area (Å²) in [5, 5.41) is 0. The van der Waals surface area contributed by atoms with Gasteiger partial charge in [0.25, 0.3) is 5.91 Å². The van der Waals surface area contributed by atoms with Crippen molar-refractivity contribution in [1.82, 2.24) is 4.90 Å². The number of hydrogen-bond acceptors (Lipinski definition) is 3. The van der Waals surface area contributed by atoms with Crippen molar-refractivity contribution >= 4 is 11.8 Å². The van der Waals surface area contributed by atoms with Crippen LogP contribution in [0.4, 0.5) is 0 Å². The van der Waals surface area contributed by atoms with Gasteiger partial charge in [0.15, 0.2) is 0 Å². The van der Waals surface area contributed by atoms with Gasteiger partial charge < -0.3 is 15.4 Å². The van der Waals surface area contributed by atoms with E-state index < -0.39 is 17.6 Å². The van der Waals surface area contributed by atoms with Gasteiger partial charge in [-0.15, -0.1) is 0 Å². The lowest BCUT2D eigenvalue weighted by Gasteiger charge is -2.26. The van der Waals surface area contributed by atoms with Crippen molar-refractivity contribution in [3.8, 4) is 0 Å². The van der Waals surface area contributed by atoms with Crippen LogP contribution in [0.25, 0.3) is 0 Å². The molecule has 0 saturated heterocycles. The summed E-state index contributed by atoms with van der Waals surface area (Å²) in [5.41, 5.74) is 6.55. The predicted molar refractivity (Wildman–Crippen MR) is 67.9 cm³/mol. The van der Waals surface area contributed by atoms with E-state index in [1.807, 2.05) is 24.3 Å². The van der Waals surface area contributed by atoms with Gasteiger partial charge in [-0.25, -0.2) is 0 Å². The second-order valence-corrected chi connectivity index (χ2v) is 5.14. The highest BCUT2D eigenvalue weighted by Gasteiger charge is 2.55. The standard InChI is InChI=1S/C14H16N2O3/c1-19-14(6-7-14)13(18)16-8-9-4-2-3-5-10(9)11(16)12(15)17/h2-5,11H,6-8H2,1H3,(H2,15,17). The molecule has 1 aliphatic carbocycles. The Hall–Kier alpha value is -1.88. The number of nitrogens with zero attached hydrogens (tertiary/aromatic N) is 1. The van der Waals surface area contributed by atoms with E-state index in [0.717, 1.165) is 11.1 Å². The molecular weight excluding hydrogens is 244 g/mol. The van der Waals surface area contributed by atoms with Crippen molar-refractivity contribution in [2.75, 3.05) is 7.11 Å². The number of carbonyl (C=O) groups is 2. The normalized spacial score (nSPS) is 23.0. The first-order valence-corrected chi connectivity index (χ1v) is 6.32. The largest absolute Gasteiger partial charge is 0.368 e. The van der Waals surface area contributed by atoms with Crippen LogP contribution in [0.3, 0.4) is 0 Å². The van der Waals surface area contributed by atoms with Crippen LogP contribution >= 0.6 is 0 Å². The molecule has 2 amide bonds. The summed E-state index contributed by atoms with van der Waals surface area (Å²) in [4.78, 5) is 25.8. The van der Waals surface area contributed by atoms with Gasteiger partial charge in [-0.2, -0.15) is 0 Å². The molecule has 1 saturated carbocycles. The van der Waals surface area contributed by atoms with E-state index in [1.54, 1.807) is 4.90 Å². The van der Waals surface area contributed by atoms with Crippen LogP contribution in [0.5, 0.6) is 0 Å². The highest BCUT2D eigenvalue weighted by molar-refractivity contribution is 5.94. The fourth-order valence-electron chi connectivity index (χ4n) is 2.76. The van der Waals surface area contributed by atoms with Crippen molar-refractivity contribution in [3.63, 3.8) is 0 Å². The number of hydrogen-bond donors (Lipinski definition) is 1. The maximum atomic E-state index is 12.5. The van der Waals surface area contributed by atoms with Gasteiger partial charge in [-0.05, 0) is 24.0 Å². The van der Waals surface area contributed by atoms with E-state index in [2.05, 4.69) is 0 Å². The Kier molecular flexibility index (Phi) is 2.60. The Bertz CT molecular complexity index is 551. The lowest BCUT2D eigenvalue weighted by Crippen LogP contribution is -2.44. The van der Waals surface area contributed by atoms with E-state index in [0.29, 0.717) is 19.4 Å². The average Bonchev–Trinajstić information content (AvgIpc) is 3.11. The van der Waals surface area contributed by atoms with Gasteiger partial charge in [0.05, 0.1) is 0 Å². The monoisotopic (exact) mass is 260 g/mol. The molecule has 0 bridgehead atoms. The zero-order valence-corrected chi connectivity index (χ0v) is 10.8. The number of fused-ring (bicyclic) bond motifs is 1. The fourth-order valence-corrected chi connectivity index (χ4v) is 2.76.